The van der Waals surface area contributed by atoms with E-state index < -0.39 is 0 Å². The molecule has 0 amide bonds. The van der Waals surface area contributed by atoms with Gasteiger partial charge in [0, 0.05) is 51.1 Å². The normalized spacial score (nSPS) is 11.1. The number of hydrogen-bond acceptors (Lipinski definition) is 3. The molecule has 21 aromatic rings. The molecule has 3 heteroatoms. The Morgan fingerprint density at radius 1 is 0.111 bits per heavy atom. The first kappa shape index (κ1) is 71.9. The summed E-state index contributed by atoms with van der Waals surface area (Å²) in [5, 5.41) is 15.1. The van der Waals surface area contributed by atoms with Gasteiger partial charge in [0.15, 0.2) is 0 Å². The standard InChI is InChI=1S/3C38H27N/c1-3-11-28(12-4-1)29-21-24-33(25-22-29)39(38-18-10-9-17-36(38)30-13-5-2-6-14-30)34-26-23-32-20-19-31-15-7-8-16-35(31)37(32)27-34;1-3-10-28(11-4-1)30-20-23-34(24-21-30)39(35-16-9-15-33(26-35)29-12-5-2-6-13-29)36-25-22-32-19-18-31-14-7-8-17-37(31)38(32)27-36;1-3-9-28(10-4-1)30-17-22-34(23-18-30)39(35-24-19-31(20-25-35)29-11-5-2-6-12-29)36-26-21-33-16-15-32-13-7-8-14-37(32)38(33)27-36/h3*1-27H. The molecule has 21 rings (SSSR count). The molecule has 0 N–H and O–H groups in total. The van der Waals surface area contributed by atoms with Crippen LogP contribution in [0.5, 0.6) is 0 Å². The Kier molecular flexibility index (Phi) is 20.3. The number of nitrogens with zero attached hydrogens (tertiary/aromatic N) is 3. The molecule has 0 spiro atoms. The molecule has 0 radical (unpaired) electrons. The van der Waals surface area contributed by atoms with Crippen molar-refractivity contribution in [2.24, 2.45) is 0 Å². The van der Waals surface area contributed by atoms with E-state index in [-0.39, 0.29) is 0 Å². The lowest BCUT2D eigenvalue weighted by Crippen LogP contribution is -2.11. The Bertz CT molecular complexity index is 6920. The molecular weight excluding hydrogens is 1410 g/mol. The van der Waals surface area contributed by atoms with Gasteiger partial charge >= 0.3 is 0 Å². The van der Waals surface area contributed by atoms with Gasteiger partial charge in [-0.2, -0.15) is 0 Å². The summed E-state index contributed by atoms with van der Waals surface area (Å²) in [5.41, 5.74) is 24.7. The van der Waals surface area contributed by atoms with Gasteiger partial charge in [-0.1, -0.05) is 388 Å². The minimum Gasteiger partial charge on any atom is -0.310 e. The highest BCUT2D eigenvalue weighted by Crippen LogP contribution is 2.46. The zero-order valence-corrected chi connectivity index (χ0v) is 64.6. The molecule has 0 heterocycles. The van der Waals surface area contributed by atoms with Crippen molar-refractivity contribution in [3.8, 4) is 66.8 Å². The lowest BCUT2D eigenvalue weighted by molar-refractivity contribution is 1.29. The van der Waals surface area contributed by atoms with E-state index in [1.54, 1.807) is 0 Å². The Morgan fingerprint density at radius 2 is 0.333 bits per heavy atom. The summed E-state index contributed by atoms with van der Waals surface area (Å²) in [6.07, 6.45) is 0. The van der Waals surface area contributed by atoms with Crippen LogP contribution in [0.1, 0.15) is 0 Å². The summed E-state index contributed by atoms with van der Waals surface area (Å²) in [4.78, 5) is 7.10. The van der Waals surface area contributed by atoms with Crippen LogP contribution in [0.15, 0.2) is 491 Å². The number of rotatable bonds is 15. The van der Waals surface area contributed by atoms with Gasteiger partial charge in [0.25, 0.3) is 0 Å². The largest absolute Gasteiger partial charge is 0.310 e. The number of hydrogen-bond donors (Lipinski definition) is 0. The second-order valence-electron chi connectivity index (χ2n) is 29.5. The molecule has 3 nitrogen and oxygen atoms in total. The third-order valence-corrected chi connectivity index (χ3v) is 22.3. The van der Waals surface area contributed by atoms with Gasteiger partial charge < -0.3 is 14.7 Å². The summed E-state index contributed by atoms with van der Waals surface area (Å²) in [7, 11) is 0. The zero-order valence-electron chi connectivity index (χ0n) is 64.6. The van der Waals surface area contributed by atoms with Crippen molar-refractivity contribution in [3.05, 3.63) is 491 Å². The molecule has 21 aromatic carbocycles. The number of para-hydroxylation sites is 1. The molecular formula is C114H81N3. The third kappa shape index (κ3) is 15.3. The van der Waals surface area contributed by atoms with E-state index in [4.69, 9.17) is 0 Å². The Morgan fingerprint density at radius 3 is 0.684 bits per heavy atom. The molecule has 0 aliphatic carbocycles. The lowest BCUT2D eigenvalue weighted by Gasteiger charge is -2.28. The van der Waals surface area contributed by atoms with Crippen LogP contribution in [-0.2, 0) is 0 Å². The van der Waals surface area contributed by atoms with Gasteiger partial charge in [-0.15, -0.1) is 0 Å². The first-order valence-corrected chi connectivity index (χ1v) is 40.1. The smallest absolute Gasteiger partial charge is 0.0540 e. The highest BCUT2D eigenvalue weighted by Gasteiger charge is 2.21. The van der Waals surface area contributed by atoms with Crippen molar-refractivity contribution >= 4 is 116 Å². The fraction of sp³-hybridized carbons (Fsp3) is 0. The Labute approximate surface area is 684 Å². The van der Waals surface area contributed by atoms with Crippen LogP contribution in [0, 0.1) is 0 Å². The summed E-state index contributed by atoms with van der Waals surface area (Å²) < 4.78 is 0. The molecule has 0 aromatic heterocycles. The van der Waals surface area contributed by atoms with Gasteiger partial charge in [-0.05, 0) is 229 Å². The fourth-order valence-electron chi connectivity index (χ4n) is 16.4. The maximum Gasteiger partial charge on any atom is 0.0540 e. The van der Waals surface area contributed by atoms with Crippen molar-refractivity contribution in [3.63, 3.8) is 0 Å². The van der Waals surface area contributed by atoms with Crippen LogP contribution in [0.25, 0.3) is 131 Å². The monoisotopic (exact) mass is 1490 g/mol. The summed E-state index contributed by atoms with van der Waals surface area (Å²) in [6.45, 7) is 0. The topological polar surface area (TPSA) is 9.72 Å². The maximum absolute atomic E-state index is 2.39. The van der Waals surface area contributed by atoms with Gasteiger partial charge in [-0.25, -0.2) is 0 Å². The molecule has 0 bridgehead atoms. The van der Waals surface area contributed by atoms with Crippen molar-refractivity contribution in [2.75, 3.05) is 14.7 Å². The van der Waals surface area contributed by atoms with E-state index in [9.17, 15) is 0 Å². The van der Waals surface area contributed by atoms with Gasteiger partial charge in [0.05, 0.1) is 5.69 Å². The zero-order chi connectivity index (χ0) is 78.1. The first-order valence-electron chi connectivity index (χ1n) is 40.1. The SMILES string of the molecule is c1ccc(-c2ccc(N(c3ccc(-c4ccccc4)cc3)c3ccc4ccc5ccccc5c4c3)cc2)cc1.c1ccc(-c2ccc(N(c3ccc4ccc5ccccc5c4c3)c3ccccc3-c3ccccc3)cc2)cc1.c1ccc(-c2ccc(N(c3cccc(-c4ccccc4)c3)c3ccc4ccc5ccccc5c4c3)cc2)cc1. The van der Waals surface area contributed by atoms with Crippen LogP contribution in [-0.4, -0.2) is 0 Å². The van der Waals surface area contributed by atoms with Gasteiger partial charge in [0.2, 0.25) is 0 Å². The van der Waals surface area contributed by atoms with E-state index in [2.05, 4.69) is 506 Å². The summed E-state index contributed by atoms with van der Waals surface area (Å²) in [6, 6.07) is 176. The molecule has 0 aliphatic rings. The average Bonchev–Trinajstić information content (AvgIpc) is 0.783. The highest BCUT2D eigenvalue weighted by molar-refractivity contribution is 6.12. The van der Waals surface area contributed by atoms with Crippen LogP contribution >= 0.6 is 0 Å². The van der Waals surface area contributed by atoms with Crippen LogP contribution in [0.2, 0.25) is 0 Å². The average molecular weight is 1490 g/mol. The maximum atomic E-state index is 2.39. The van der Waals surface area contributed by atoms with Crippen molar-refractivity contribution < 1.29 is 0 Å². The number of anilines is 9. The molecule has 117 heavy (non-hydrogen) atoms. The molecule has 0 saturated heterocycles. The Hall–Kier alpha value is -15.4. The van der Waals surface area contributed by atoms with E-state index in [1.807, 2.05) is 0 Å². The van der Waals surface area contributed by atoms with E-state index in [0.717, 1.165) is 51.2 Å². The minimum atomic E-state index is 1.12. The third-order valence-electron chi connectivity index (χ3n) is 22.3. The quantitative estimate of drug-likeness (QED) is 0.0947. The molecule has 0 saturated carbocycles. The van der Waals surface area contributed by atoms with Gasteiger partial charge in [-0.3, -0.25) is 0 Å². The van der Waals surface area contributed by atoms with Crippen molar-refractivity contribution in [1.82, 2.24) is 0 Å². The minimum absolute atomic E-state index is 1.12. The Balaban J connectivity index is 0.000000117. The van der Waals surface area contributed by atoms with Crippen LogP contribution < -0.4 is 14.7 Å². The highest BCUT2D eigenvalue weighted by atomic mass is 15.2. The number of benzene rings is 21. The molecule has 0 fully saturated rings. The second-order valence-corrected chi connectivity index (χ2v) is 29.5. The number of fused-ring (bicyclic) bond motifs is 9. The summed E-state index contributed by atoms with van der Waals surface area (Å²) >= 11 is 0. The van der Waals surface area contributed by atoms with E-state index in [0.29, 0.717) is 0 Å². The molecule has 0 aliphatic heterocycles. The summed E-state index contributed by atoms with van der Waals surface area (Å²) in [5.74, 6) is 0. The fourth-order valence-corrected chi connectivity index (χ4v) is 16.4. The predicted molar refractivity (Wildman–Crippen MR) is 501 cm³/mol. The molecule has 0 atom stereocenters. The predicted octanol–water partition coefficient (Wildman–Crippen LogP) is 32.4. The van der Waals surface area contributed by atoms with Crippen molar-refractivity contribution in [1.29, 1.82) is 0 Å². The van der Waals surface area contributed by atoms with E-state index in [1.165, 1.54) is 131 Å². The second kappa shape index (κ2) is 33.1. The first-order chi connectivity index (χ1) is 58.0. The van der Waals surface area contributed by atoms with Crippen molar-refractivity contribution in [2.45, 2.75) is 0 Å². The molecule has 552 valence electrons. The lowest BCUT2D eigenvalue weighted by atomic mass is 9.99. The van der Waals surface area contributed by atoms with Crippen LogP contribution in [0.3, 0.4) is 0 Å². The molecule has 0 unspecified atom stereocenters. The van der Waals surface area contributed by atoms with E-state index >= 15 is 0 Å². The van der Waals surface area contributed by atoms with Crippen LogP contribution in [0.4, 0.5) is 51.2 Å². The van der Waals surface area contributed by atoms with Gasteiger partial charge in [0.1, 0.15) is 0 Å².